The SMILES string of the molecule is COc1ccccc1OCCCn1c(CCCNC(=O)c2ccc(C)cc2)nc2ccccc21. The van der Waals surface area contributed by atoms with Gasteiger partial charge in [0.1, 0.15) is 5.82 Å². The molecule has 1 amide bonds. The van der Waals surface area contributed by atoms with Crippen molar-refractivity contribution in [1.29, 1.82) is 0 Å². The van der Waals surface area contributed by atoms with Crippen LogP contribution in [0.5, 0.6) is 11.5 Å². The van der Waals surface area contributed by atoms with E-state index in [9.17, 15) is 4.79 Å². The summed E-state index contributed by atoms with van der Waals surface area (Å²) in [6.45, 7) is 4.00. The fourth-order valence-corrected chi connectivity index (χ4v) is 3.96. The lowest BCUT2D eigenvalue weighted by Gasteiger charge is -2.12. The van der Waals surface area contributed by atoms with Crippen LogP contribution in [-0.2, 0) is 13.0 Å². The van der Waals surface area contributed by atoms with E-state index in [1.165, 1.54) is 0 Å². The molecule has 176 valence electrons. The van der Waals surface area contributed by atoms with Crippen LogP contribution in [0.3, 0.4) is 0 Å². The van der Waals surface area contributed by atoms with Crippen molar-refractivity contribution in [3.8, 4) is 11.5 Å². The van der Waals surface area contributed by atoms with Crippen molar-refractivity contribution < 1.29 is 14.3 Å². The zero-order chi connectivity index (χ0) is 23.8. The highest BCUT2D eigenvalue weighted by atomic mass is 16.5. The Morgan fingerprint density at radius 3 is 2.47 bits per heavy atom. The van der Waals surface area contributed by atoms with E-state index in [1.807, 2.05) is 73.7 Å². The molecule has 0 radical (unpaired) electrons. The Hall–Kier alpha value is -3.80. The van der Waals surface area contributed by atoms with Gasteiger partial charge in [-0.15, -0.1) is 0 Å². The largest absolute Gasteiger partial charge is 0.493 e. The first kappa shape index (κ1) is 23.4. The first-order valence-electron chi connectivity index (χ1n) is 11.7. The van der Waals surface area contributed by atoms with Gasteiger partial charge in [0, 0.05) is 25.1 Å². The number of aryl methyl sites for hydroxylation is 3. The quantitative estimate of drug-likeness (QED) is 0.315. The van der Waals surface area contributed by atoms with Gasteiger partial charge in [0.25, 0.3) is 5.91 Å². The molecule has 6 nitrogen and oxygen atoms in total. The molecule has 34 heavy (non-hydrogen) atoms. The molecule has 0 aliphatic carbocycles. The average Bonchev–Trinajstić information content (AvgIpc) is 3.22. The van der Waals surface area contributed by atoms with Crippen LogP contribution in [0.1, 0.15) is 34.6 Å². The van der Waals surface area contributed by atoms with Gasteiger partial charge in [-0.05, 0) is 56.2 Å². The van der Waals surface area contributed by atoms with Crippen LogP contribution in [0.2, 0.25) is 0 Å². The maximum atomic E-state index is 12.4. The molecule has 3 aromatic carbocycles. The standard InChI is InChI=1S/C28H31N3O3/c1-21-14-16-22(17-15-21)28(32)29-18-7-13-27-30-23-9-3-4-10-24(23)31(27)19-8-20-34-26-12-6-5-11-25(26)33-2/h3-6,9-12,14-17H,7-8,13,18-20H2,1-2H3,(H,29,32). The number of hydrogen-bond acceptors (Lipinski definition) is 4. The number of hydrogen-bond donors (Lipinski definition) is 1. The van der Waals surface area contributed by atoms with E-state index in [1.54, 1.807) is 7.11 Å². The Morgan fingerprint density at radius 2 is 1.68 bits per heavy atom. The van der Waals surface area contributed by atoms with Gasteiger partial charge in [0.15, 0.2) is 11.5 Å². The molecule has 1 heterocycles. The highest BCUT2D eigenvalue weighted by Gasteiger charge is 2.11. The van der Waals surface area contributed by atoms with Gasteiger partial charge in [-0.25, -0.2) is 4.98 Å². The lowest BCUT2D eigenvalue weighted by Crippen LogP contribution is -2.25. The molecule has 0 saturated carbocycles. The van der Waals surface area contributed by atoms with Crippen molar-refractivity contribution in [2.24, 2.45) is 0 Å². The number of methoxy groups -OCH3 is 1. The summed E-state index contributed by atoms with van der Waals surface area (Å²) in [6.07, 6.45) is 2.45. The van der Waals surface area contributed by atoms with E-state index in [0.29, 0.717) is 18.7 Å². The number of carbonyl (C=O) groups excluding carboxylic acids is 1. The van der Waals surface area contributed by atoms with Crippen LogP contribution in [0.15, 0.2) is 72.8 Å². The molecule has 0 unspecified atom stereocenters. The molecule has 1 N–H and O–H groups in total. The monoisotopic (exact) mass is 457 g/mol. The molecular formula is C28H31N3O3. The van der Waals surface area contributed by atoms with Crippen LogP contribution >= 0.6 is 0 Å². The van der Waals surface area contributed by atoms with Crippen molar-refractivity contribution in [3.63, 3.8) is 0 Å². The Balaban J connectivity index is 1.33. The predicted octanol–water partition coefficient (Wildman–Crippen LogP) is 5.19. The van der Waals surface area contributed by atoms with E-state index in [0.717, 1.165) is 59.7 Å². The Morgan fingerprint density at radius 1 is 0.941 bits per heavy atom. The van der Waals surface area contributed by atoms with Gasteiger partial charge in [-0.1, -0.05) is 42.0 Å². The van der Waals surface area contributed by atoms with Gasteiger partial charge in [-0.3, -0.25) is 4.79 Å². The third kappa shape index (κ3) is 5.76. The maximum Gasteiger partial charge on any atom is 0.251 e. The van der Waals surface area contributed by atoms with Gasteiger partial charge in [0.05, 0.1) is 24.8 Å². The van der Waals surface area contributed by atoms with E-state index in [4.69, 9.17) is 14.5 Å². The molecule has 0 fully saturated rings. The van der Waals surface area contributed by atoms with Crippen molar-refractivity contribution in [2.45, 2.75) is 32.7 Å². The smallest absolute Gasteiger partial charge is 0.251 e. The summed E-state index contributed by atoms with van der Waals surface area (Å²) < 4.78 is 13.6. The zero-order valence-electron chi connectivity index (χ0n) is 19.8. The van der Waals surface area contributed by atoms with Crippen LogP contribution in [0.25, 0.3) is 11.0 Å². The number of nitrogens with one attached hydrogen (secondary N) is 1. The summed E-state index contributed by atoms with van der Waals surface area (Å²) in [5, 5.41) is 3.02. The van der Waals surface area contributed by atoms with Crippen molar-refractivity contribution in [2.75, 3.05) is 20.3 Å². The molecule has 0 aliphatic rings. The number of amides is 1. The second-order valence-electron chi connectivity index (χ2n) is 8.25. The third-order valence-corrected chi connectivity index (χ3v) is 5.76. The number of para-hydroxylation sites is 4. The molecule has 4 aromatic rings. The van der Waals surface area contributed by atoms with Gasteiger partial charge < -0.3 is 19.4 Å². The summed E-state index contributed by atoms with van der Waals surface area (Å²) in [7, 11) is 1.65. The molecular weight excluding hydrogens is 426 g/mol. The zero-order valence-corrected chi connectivity index (χ0v) is 19.8. The first-order chi connectivity index (χ1) is 16.7. The molecule has 0 aliphatic heterocycles. The van der Waals surface area contributed by atoms with Crippen LogP contribution in [0.4, 0.5) is 0 Å². The predicted molar refractivity (Wildman–Crippen MR) is 135 cm³/mol. The molecule has 6 heteroatoms. The summed E-state index contributed by atoms with van der Waals surface area (Å²) in [5.74, 6) is 2.49. The van der Waals surface area contributed by atoms with E-state index < -0.39 is 0 Å². The normalized spacial score (nSPS) is 10.9. The topological polar surface area (TPSA) is 65.4 Å². The lowest BCUT2D eigenvalue weighted by atomic mass is 10.1. The molecule has 0 bridgehead atoms. The number of nitrogens with zero attached hydrogens (tertiary/aromatic N) is 2. The second kappa shape index (κ2) is 11.4. The number of fused-ring (bicyclic) bond motifs is 1. The number of aromatic nitrogens is 2. The summed E-state index contributed by atoms with van der Waals surface area (Å²) >= 11 is 0. The van der Waals surface area contributed by atoms with Crippen molar-refractivity contribution in [3.05, 3.63) is 89.7 Å². The van der Waals surface area contributed by atoms with Gasteiger partial charge >= 0.3 is 0 Å². The van der Waals surface area contributed by atoms with Crippen LogP contribution < -0.4 is 14.8 Å². The third-order valence-electron chi connectivity index (χ3n) is 5.76. The molecule has 0 atom stereocenters. The molecule has 0 saturated heterocycles. The Bertz CT molecular complexity index is 1230. The van der Waals surface area contributed by atoms with Crippen LogP contribution in [-0.4, -0.2) is 35.7 Å². The fourth-order valence-electron chi connectivity index (χ4n) is 3.96. The number of benzene rings is 3. The van der Waals surface area contributed by atoms with Gasteiger partial charge in [0.2, 0.25) is 0 Å². The lowest BCUT2D eigenvalue weighted by molar-refractivity contribution is 0.0953. The van der Waals surface area contributed by atoms with Crippen molar-refractivity contribution >= 4 is 16.9 Å². The van der Waals surface area contributed by atoms with E-state index >= 15 is 0 Å². The highest BCUT2D eigenvalue weighted by Crippen LogP contribution is 2.26. The first-order valence-corrected chi connectivity index (χ1v) is 11.7. The minimum Gasteiger partial charge on any atom is -0.493 e. The van der Waals surface area contributed by atoms with Crippen molar-refractivity contribution in [1.82, 2.24) is 14.9 Å². The minimum absolute atomic E-state index is 0.0398. The number of carbonyl (C=O) groups is 1. The van der Waals surface area contributed by atoms with E-state index in [-0.39, 0.29) is 5.91 Å². The molecule has 0 spiro atoms. The van der Waals surface area contributed by atoms with E-state index in [2.05, 4.69) is 16.0 Å². The number of ether oxygens (including phenoxy) is 2. The fraction of sp³-hybridized carbons (Fsp3) is 0.286. The van der Waals surface area contributed by atoms with Crippen LogP contribution in [0, 0.1) is 6.92 Å². The summed E-state index contributed by atoms with van der Waals surface area (Å²) in [6, 6.07) is 23.5. The number of rotatable bonds is 11. The second-order valence-corrected chi connectivity index (χ2v) is 8.25. The highest BCUT2D eigenvalue weighted by molar-refractivity contribution is 5.94. The molecule has 1 aromatic heterocycles. The Kier molecular flexibility index (Phi) is 7.81. The Labute approximate surface area is 200 Å². The summed E-state index contributed by atoms with van der Waals surface area (Å²) in [4.78, 5) is 17.2. The summed E-state index contributed by atoms with van der Waals surface area (Å²) in [5.41, 5.74) is 3.95. The molecule has 4 rings (SSSR count). The minimum atomic E-state index is -0.0398. The van der Waals surface area contributed by atoms with Gasteiger partial charge in [-0.2, -0.15) is 0 Å². The maximum absolute atomic E-state index is 12.4. The average molecular weight is 458 g/mol. The number of imidazole rings is 1.